The number of nitrogens with zero attached hydrogens (tertiary/aromatic N) is 1. The van der Waals surface area contributed by atoms with Crippen LogP contribution < -0.4 is 10.6 Å². The molecule has 6 nitrogen and oxygen atoms in total. The summed E-state index contributed by atoms with van der Waals surface area (Å²) in [7, 11) is 0. The van der Waals surface area contributed by atoms with Crippen LogP contribution in [0.4, 0.5) is 11.4 Å². The SMILES string of the molecule is CC[C@@H](C)NC(=O)c1ccc(NC2CC2)c([N+](=O)[O-])c1. The normalized spacial score (nSPS) is 15.5. The van der Waals surface area contributed by atoms with Crippen LogP contribution in [0.3, 0.4) is 0 Å². The van der Waals surface area contributed by atoms with Crippen LogP contribution in [0.15, 0.2) is 18.2 Å². The molecule has 1 fully saturated rings. The van der Waals surface area contributed by atoms with Gasteiger partial charge in [-0.25, -0.2) is 0 Å². The smallest absolute Gasteiger partial charge is 0.293 e. The Kier molecular flexibility index (Phi) is 4.22. The molecule has 0 bridgehead atoms. The van der Waals surface area contributed by atoms with E-state index in [1.807, 2.05) is 13.8 Å². The average molecular weight is 277 g/mol. The van der Waals surface area contributed by atoms with E-state index in [0.29, 0.717) is 17.3 Å². The minimum absolute atomic E-state index is 0.0471. The third-order valence-corrected chi connectivity index (χ3v) is 3.38. The van der Waals surface area contributed by atoms with Gasteiger partial charge < -0.3 is 10.6 Å². The molecule has 1 aliphatic carbocycles. The predicted molar refractivity (Wildman–Crippen MR) is 77.0 cm³/mol. The van der Waals surface area contributed by atoms with Crippen molar-refractivity contribution in [3.8, 4) is 0 Å². The summed E-state index contributed by atoms with van der Waals surface area (Å²) in [5.74, 6) is -0.277. The molecule has 1 atom stereocenters. The molecular weight excluding hydrogens is 258 g/mol. The molecule has 0 aliphatic heterocycles. The number of nitrogens with one attached hydrogen (secondary N) is 2. The Morgan fingerprint density at radius 1 is 1.50 bits per heavy atom. The molecule has 2 N–H and O–H groups in total. The van der Waals surface area contributed by atoms with E-state index >= 15 is 0 Å². The van der Waals surface area contributed by atoms with Gasteiger partial charge in [-0.1, -0.05) is 6.92 Å². The summed E-state index contributed by atoms with van der Waals surface area (Å²) < 4.78 is 0. The number of anilines is 1. The van der Waals surface area contributed by atoms with Gasteiger partial charge in [0.25, 0.3) is 11.6 Å². The summed E-state index contributed by atoms with van der Waals surface area (Å²) in [6.45, 7) is 3.87. The second-order valence-corrected chi connectivity index (χ2v) is 5.19. The lowest BCUT2D eigenvalue weighted by atomic mass is 10.1. The molecule has 20 heavy (non-hydrogen) atoms. The molecular formula is C14H19N3O3. The Hall–Kier alpha value is -2.11. The molecule has 1 aromatic carbocycles. The fourth-order valence-corrected chi connectivity index (χ4v) is 1.80. The first kappa shape index (κ1) is 14.3. The van der Waals surface area contributed by atoms with E-state index in [1.54, 1.807) is 12.1 Å². The first-order valence-electron chi connectivity index (χ1n) is 6.87. The molecule has 0 spiro atoms. The van der Waals surface area contributed by atoms with Crippen LogP contribution in [0.25, 0.3) is 0 Å². The van der Waals surface area contributed by atoms with E-state index in [4.69, 9.17) is 0 Å². The van der Waals surface area contributed by atoms with Crippen molar-refractivity contribution in [2.75, 3.05) is 5.32 Å². The molecule has 0 heterocycles. The molecule has 0 aromatic heterocycles. The maximum Gasteiger partial charge on any atom is 0.293 e. The molecule has 1 aromatic rings. The predicted octanol–water partition coefficient (Wildman–Crippen LogP) is 2.70. The zero-order valence-electron chi connectivity index (χ0n) is 11.7. The summed E-state index contributed by atoms with van der Waals surface area (Å²) in [5, 5.41) is 17.0. The number of benzene rings is 1. The van der Waals surface area contributed by atoms with Crippen molar-refractivity contribution in [1.82, 2.24) is 5.32 Å². The molecule has 2 rings (SSSR count). The van der Waals surface area contributed by atoms with Gasteiger partial charge in [0.2, 0.25) is 0 Å². The Bertz CT molecular complexity index is 526. The molecule has 0 saturated heterocycles. The number of nitro groups is 1. The van der Waals surface area contributed by atoms with Crippen LogP contribution in [-0.4, -0.2) is 22.9 Å². The molecule has 0 radical (unpaired) electrons. The highest BCUT2D eigenvalue weighted by Crippen LogP contribution is 2.31. The Morgan fingerprint density at radius 3 is 2.75 bits per heavy atom. The monoisotopic (exact) mass is 277 g/mol. The third kappa shape index (κ3) is 3.46. The van der Waals surface area contributed by atoms with Crippen molar-refractivity contribution in [3.05, 3.63) is 33.9 Å². The van der Waals surface area contributed by atoms with Crippen molar-refractivity contribution in [1.29, 1.82) is 0 Å². The summed E-state index contributed by atoms with van der Waals surface area (Å²) >= 11 is 0. The van der Waals surface area contributed by atoms with Crippen molar-refractivity contribution in [2.45, 2.75) is 45.2 Å². The number of nitro benzene ring substituents is 1. The number of hydrogen-bond donors (Lipinski definition) is 2. The average Bonchev–Trinajstić information content (AvgIpc) is 3.22. The summed E-state index contributed by atoms with van der Waals surface area (Å²) in [6.07, 6.45) is 2.88. The molecule has 1 aliphatic rings. The van der Waals surface area contributed by atoms with E-state index in [0.717, 1.165) is 19.3 Å². The minimum Gasteiger partial charge on any atom is -0.377 e. The van der Waals surface area contributed by atoms with Gasteiger partial charge in [0, 0.05) is 23.7 Å². The van der Waals surface area contributed by atoms with Gasteiger partial charge in [0.1, 0.15) is 5.69 Å². The second kappa shape index (κ2) is 5.90. The van der Waals surface area contributed by atoms with Gasteiger partial charge in [-0.2, -0.15) is 0 Å². The van der Waals surface area contributed by atoms with E-state index in [9.17, 15) is 14.9 Å². The van der Waals surface area contributed by atoms with Crippen molar-refractivity contribution in [2.24, 2.45) is 0 Å². The number of hydrogen-bond acceptors (Lipinski definition) is 4. The molecule has 1 amide bonds. The largest absolute Gasteiger partial charge is 0.377 e. The van der Waals surface area contributed by atoms with Gasteiger partial charge in [0.15, 0.2) is 0 Å². The zero-order valence-corrected chi connectivity index (χ0v) is 11.7. The zero-order chi connectivity index (χ0) is 14.7. The van der Waals surface area contributed by atoms with Gasteiger partial charge >= 0.3 is 0 Å². The topological polar surface area (TPSA) is 84.3 Å². The van der Waals surface area contributed by atoms with Crippen molar-refractivity contribution in [3.63, 3.8) is 0 Å². The van der Waals surface area contributed by atoms with E-state index < -0.39 is 4.92 Å². The van der Waals surface area contributed by atoms with Gasteiger partial charge in [-0.05, 0) is 38.3 Å². The van der Waals surface area contributed by atoms with Gasteiger partial charge in [-0.15, -0.1) is 0 Å². The fraction of sp³-hybridized carbons (Fsp3) is 0.500. The number of carbonyl (C=O) groups excluding carboxylic acids is 1. The fourth-order valence-electron chi connectivity index (χ4n) is 1.80. The summed E-state index contributed by atoms with van der Waals surface area (Å²) in [5.41, 5.74) is 0.754. The van der Waals surface area contributed by atoms with Crippen LogP contribution in [0.5, 0.6) is 0 Å². The van der Waals surface area contributed by atoms with Crippen LogP contribution in [-0.2, 0) is 0 Å². The maximum atomic E-state index is 12.0. The van der Waals surface area contributed by atoms with Crippen LogP contribution in [0.2, 0.25) is 0 Å². The maximum absolute atomic E-state index is 12.0. The molecule has 0 unspecified atom stereocenters. The molecule has 108 valence electrons. The quantitative estimate of drug-likeness (QED) is 0.618. The molecule has 6 heteroatoms. The first-order valence-corrected chi connectivity index (χ1v) is 6.87. The first-order chi connectivity index (χ1) is 9.51. The van der Waals surface area contributed by atoms with E-state index in [1.165, 1.54) is 6.07 Å². The lowest BCUT2D eigenvalue weighted by Gasteiger charge is -2.12. The highest BCUT2D eigenvalue weighted by Gasteiger charge is 2.25. The number of carbonyl (C=O) groups is 1. The Balaban J connectivity index is 2.20. The van der Waals surface area contributed by atoms with Gasteiger partial charge in [-0.3, -0.25) is 14.9 Å². The van der Waals surface area contributed by atoms with Gasteiger partial charge in [0.05, 0.1) is 4.92 Å². The van der Waals surface area contributed by atoms with Crippen LogP contribution in [0, 0.1) is 10.1 Å². The van der Waals surface area contributed by atoms with Crippen molar-refractivity contribution < 1.29 is 9.72 Å². The van der Waals surface area contributed by atoms with E-state index in [-0.39, 0.29) is 17.6 Å². The second-order valence-electron chi connectivity index (χ2n) is 5.19. The Morgan fingerprint density at radius 2 is 2.20 bits per heavy atom. The third-order valence-electron chi connectivity index (χ3n) is 3.38. The lowest BCUT2D eigenvalue weighted by molar-refractivity contribution is -0.384. The summed E-state index contributed by atoms with van der Waals surface area (Å²) in [6, 6.07) is 4.94. The Labute approximate surface area is 117 Å². The number of rotatable bonds is 6. The van der Waals surface area contributed by atoms with Crippen molar-refractivity contribution >= 4 is 17.3 Å². The minimum atomic E-state index is -0.454. The standard InChI is InChI=1S/C14H19N3O3/c1-3-9(2)15-14(18)10-4-7-12(16-11-5-6-11)13(8-10)17(19)20/h4,7-9,11,16H,3,5-6H2,1-2H3,(H,15,18)/t9-/m1/s1. The van der Waals surface area contributed by atoms with E-state index in [2.05, 4.69) is 10.6 Å². The highest BCUT2D eigenvalue weighted by atomic mass is 16.6. The molecule has 1 saturated carbocycles. The highest BCUT2D eigenvalue weighted by molar-refractivity contribution is 5.95. The number of amides is 1. The van der Waals surface area contributed by atoms with Crippen LogP contribution in [0.1, 0.15) is 43.5 Å². The lowest BCUT2D eigenvalue weighted by Crippen LogP contribution is -2.31. The summed E-state index contributed by atoms with van der Waals surface area (Å²) in [4.78, 5) is 22.6. The van der Waals surface area contributed by atoms with Crippen LogP contribution >= 0.6 is 0 Å².